The van der Waals surface area contributed by atoms with Gasteiger partial charge in [0.25, 0.3) is 5.91 Å². The molecule has 0 bridgehead atoms. The van der Waals surface area contributed by atoms with Gasteiger partial charge in [0.2, 0.25) is 5.88 Å². The third kappa shape index (κ3) is 4.32. The smallest absolute Gasteiger partial charge is 0.255 e. The molecule has 0 unspecified atom stereocenters. The maximum atomic E-state index is 12.7. The SMILES string of the molecule is CN(C)CCOc1cc(C(=O)Nc2cccc3c2N(C)CCC3)ccn1. The number of rotatable bonds is 6. The van der Waals surface area contributed by atoms with Crippen LogP contribution in [0.5, 0.6) is 5.88 Å². The Bertz CT molecular complexity index is 776. The molecule has 2 aromatic rings. The van der Waals surface area contributed by atoms with E-state index in [9.17, 15) is 4.79 Å². The first-order valence-corrected chi connectivity index (χ1v) is 8.92. The van der Waals surface area contributed by atoms with Crippen LogP contribution in [0.1, 0.15) is 22.3 Å². The lowest BCUT2D eigenvalue weighted by Gasteiger charge is -2.29. The second-order valence-electron chi connectivity index (χ2n) is 6.83. The molecule has 6 nitrogen and oxygen atoms in total. The number of pyridine rings is 1. The number of amides is 1. The summed E-state index contributed by atoms with van der Waals surface area (Å²) in [6.07, 6.45) is 3.79. The molecule has 1 N–H and O–H groups in total. The van der Waals surface area contributed by atoms with Gasteiger partial charge in [-0.2, -0.15) is 0 Å². The molecule has 1 aliphatic heterocycles. The van der Waals surface area contributed by atoms with Gasteiger partial charge in [-0.1, -0.05) is 12.1 Å². The van der Waals surface area contributed by atoms with Crippen LogP contribution in [-0.4, -0.2) is 56.6 Å². The number of hydrogen-bond donors (Lipinski definition) is 1. The average molecular weight is 354 g/mol. The van der Waals surface area contributed by atoms with Crippen LogP contribution < -0.4 is 15.0 Å². The maximum Gasteiger partial charge on any atom is 0.255 e. The summed E-state index contributed by atoms with van der Waals surface area (Å²) in [5.41, 5.74) is 3.78. The molecule has 0 aliphatic carbocycles. The molecule has 1 aliphatic rings. The molecule has 0 spiro atoms. The number of anilines is 2. The van der Waals surface area contributed by atoms with Gasteiger partial charge >= 0.3 is 0 Å². The Hall–Kier alpha value is -2.60. The zero-order valence-corrected chi connectivity index (χ0v) is 15.7. The summed E-state index contributed by atoms with van der Waals surface area (Å²) in [7, 11) is 6.03. The monoisotopic (exact) mass is 354 g/mol. The van der Waals surface area contributed by atoms with Crippen molar-refractivity contribution in [1.29, 1.82) is 0 Å². The summed E-state index contributed by atoms with van der Waals surface area (Å²) < 4.78 is 5.62. The molecule has 2 heterocycles. The molecule has 0 atom stereocenters. The molecule has 0 saturated carbocycles. The Balaban J connectivity index is 1.73. The van der Waals surface area contributed by atoms with Gasteiger partial charge in [0, 0.05) is 38.0 Å². The number of carbonyl (C=O) groups excluding carboxylic acids is 1. The minimum atomic E-state index is -0.155. The van der Waals surface area contributed by atoms with E-state index in [0.29, 0.717) is 18.1 Å². The lowest BCUT2D eigenvalue weighted by Crippen LogP contribution is -2.26. The number of benzene rings is 1. The molecule has 26 heavy (non-hydrogen) atoms. The lowest BCUT2D eigenvalue weighted by molar-refractivity contribution is 0.102. The highest BCUT2D eigenvalue weighted by Gasteiger charge is 2.19. The van der Waals surface area contributed by atoms with Crippen LogP contribution in [0.4, 0.5) is 11.4 Å². The van der Waals surface area contributed by atoms with Crippen molar-refractivity contribution in [2.75, 3.05) is 51.1 Å². The molecule has 6 heteroatoms. The third-order valence-electron chi connectivity index (χ3n) is 4.47. The Morgan fingerprint density at radius 2 is 2.19 bits per heavy atom. The van der Waals surface area contributed by atoms with Crippen LogP contribution >= 0.6 is 0 Å². The number of para-hydroxylation sites is 1. The Labute approximate surface area is 154 Å². The molecule has 0 radical (unpaired) electrons. The number of aromatic nitrogens is 1. The second kappa shape index (κ2) is 8.19. The summed E-state index contributed by atoms with van der Waals surface area (Å²) in [5, 5.41) is 3.05. The summed E-state index contributed by atoms with van der Waals surface area (Å²) >= 11 is 0. The van der Waals surface area contributed by atoms with Gasteiger partial charge in [0.05, 0.1) is 11.4 Å². The van der Waals surface area contributed by atoms with Gasteiger partial charge in [-0.3, -0.25) is 4.79 Å². The number of hydrogen-bond acceptors (Lipinski definition) is 5. The summed E-state index contributed by atoms with van der Waals surface area (Å²) in [4.78, 5) is 21.1. The standard InChI is InChI=1S/C20H26N4O2/c1-23(2)12-13-26-18-14-16(9-10-21-18)20(25)22-17-8-4-6-15-7-5-11-24(3)19(15)17/h4,6,8-10,14H,5,7,11-13H2,1-3H3,(H,22,25). The molecular formula is C20H26N4O2. The second-order valence-corrected chi connectivity index (χ2v) is 6.83. The van der Waals surface area contributed by atoms with E-state index in [1.165, 1.54) is 5.56 Å². The van der Waals surface area contributed by atoms with E-state index in [4.69, 9.17) is 4.74 Å². The Morgan fingerprint density at radius 1 is 1.35 bits per heavy atom. The molecule has 1 aromatic carbocycles. The van der Waals surface area contributed by atoms with Gasteiger partial charge in [0.1, 0.15) is 6.61 Å². The molecule has 1 amide bonds. The van der Waals surface area contributed by atoms with Gasteiger partial charge in [0.15, 0.2) is 0 Å². The predicted molar refractivity (Wildman–Crippen MR) is 104 cm³/mol. The maximum absolute atomic E-state index is 12.7. The highest BCUT2D eigenvalue weighted by molar-refractivity contribution is 6.06. The van der Waals surface area contributed by atoms with Crippen LogP contribution in [0.3, 0.4) is 0 Å². The number of likely N-dealkylation sites (N-methyl/N-ethyl adjacent to an activating group) is 1. The Kier molecular flexibility index (Phi) is 5.73. The van der Waals surface area contributed by atoms with E-state index >= 15 is 0 Å². The van der Waals surface area contributed by atoms with Gasteiger partial charge in [-0.15, -0.1) is 0 Å². The summed E-state index contributed by atoms with van der Waals surface area (Å²) in [6, 6.07) is 9.46. The molecule has 3 rings (SSSR count). The molecular weight excluding hydrogens is 328 g/mol. The quantitative estimate of drug-likeness (QED) is 0.864. The predicted octanol–water partition coefficient (Wildman–Crippen LogP) is 2.66. The van der Waals surface area contributed by atoms with Crippen molar-refractivity contribution in [3.63, 3.8) is 0 Å². The van der Waals surface area contributed by atoms with Crippen LogP contribution in [0.25, 0.3) is 0 Å². The number of fused-ring (bicyclic) bond motifs is 1. The van der Waals surface area contributed by atoms with Crippen molar-refractivity contribution in [2.45, 2.75) is 12.8 Å². The fourth-order valence-electron chi connectivity index (χ4n) is 3.12. The van der Waals surface area contributed by atoms with Crippen molar-refractivity contribution < 1.29 is 9.53 Å². The minimum absolute atomic E-state index is 0.155. The minimum Gasteiger partial charge on any atom is -0.476 e. The van der Waals surface area contributed by atoms with Crippen molar-refractivity contribution in [2.24, 2.45) is 0 Å². The van der Waals surface area contributed by atoms with Crippen molar-refractivity contribution >= 4 is 17.3 Å². The first kappa shape index (κ1) is 18.2. The largest absolute Gasteiger partial charge is 0.476 e. The zero-order valence-electron chi connectivity index (χ0n) is 15.7. The lowest BCUT2D eigenvalue weighted by atomic mass is 10.0. The highest BCUT2D eigenvalue weighted by atomic mass is 16.5. The first-order chi connectivity index (χ1) is 12.5. The number of nitrogens with one attached hydrogen (secondary N) is 1. The van der Waals surface area contributed by atoms with Gasteiger partial charge in [-0.05, 0) is 44.6 Å². The normalized spacial score (nSPS) is 13.5. The fourth-order valence-corrected chi connectivity index (χ4v) is 3.12. The fraction of sp³-hybridized carbons (Fsp3) is 0.400. The van der Waals surface area contributed by atoms with E-state index in [-0.39, 0.29) is 5.91 Å². The first-order valence-electron chi connectivity index (χ1n) is 8.92. The van der Waals surface area contributed by atoms with Crippen LogP contribution in [0.2, 0.25) is 0 Å². The van der Waals surface area contributed by atoms with Gasteiger partial charge in [-0.25, -0.2) is 4.98 Å². The Morgan fingerprint density at radius 3 is 3.00 bits per heavy atom. The number of aryl methyl sites for hydroxylation is 1. The topological polar surface area (TPSA) is 57.7 Å². The summed E-state index contributed by atoms with van der Waals surface area (Å²) in [5.74, 6) is 0.309. The average Bonchev–Trinajstić information content (AvgIpc) is 2.62. The van der Waals surface area contributed by atoms with E-state index in [0.717, 1.165) is 37.3 Å². The van der Waals surface area contributed by atoms with E-state index < -0.39 is 0 Å². The summed E-state index contributed by atoms with van der Waals surface area (Å²) in [6.45, 7) is 2.32. The van der Waals surface area contributed by atoms with Gasteiger partial charge < -0.3 is 19.9 Å². The van der Waals surface area contributed by atoms with Crippen LogP contribution in [0.15, 0.2) is 36.5 Å². The highest BCUT2D eigenvalue weighted by Crippen LogP contribution is 2.33. The number of ether oxygens (including phenoxy) is 1. The van der Waals surface area contributed by atoms with Crippen molar-refractivity contribution in [3.8, 4) is 5.88 Å². The molecule has 1 aromatic heterocycles. The number of nitrogens with zero attached hydrogens (tertiary/aromatic N) is 3. The zero-order chi connectivity index (χ0) is 18.5. The molecule has 0 fully saturated rings. The van der Waals surface area contributed by atoms with Crippen LogP contribution in [-0.2, 0) is 6.42 Å². The third-order valence-corrected chi connectivity index (χ3v) is 4.47. The van der Waals surface area contributed by atoms with Crippen molar-refractivity contribution in [1.82, 2.24) is 9.88 Å². The van der Waals surface area contributed by atoms with E-state index in [1.807, 2.05) is 31.1 Å². The molecule has 0 saturated heterocycles. The number of carbonyl (C=O) groups is 1. The van der Waals surface area contributed by atoms with Crippen molar-refractivity contribution in [3.05, 3.63) is 47.7 Å². The van der Waals surface area contributed by atoms with E-state index in [2.05, 4.69) is 28.3 Å². The van der Waals surface area contributed by atoms with Crippen LogP contribution in [0, 0.1) is 0 Å². The van der Waals surface area contributed by atoms with E-state index in [1.54, 1.807) is 18.3 Å². The molecule has 138 valence electrons.